The van der Waals surface area contributed by atoms with Crippen LogP contribution in [0.5, 0.6) is 5.75 Å². The number of nitrogens with zero attached hydrogens (tertiary/aromatic N) is 3. The summed E-state index contributed by atoms with van der Waals surface area (Å²) in [5.74, 6) is 4.47. The van der Waals surface area contributed by atoms with Gasteiger partial charge in [0.15, 0.2) is 0 Å². The van der Waals surface area contributed by atoms with Gasteiger partial charge in [-0.1, -0.05) is 6.07 Å². The molecule has 5 aliphatic rings. The Bertz CT molecular complexity index is 862. The molecule has 1 aromatic heterocycles. The summed E-state index contributed by atoms with van der Waals surface area (Å²) in [6.07, 6.45) is 9.38. The van der Waals surface area contributed by atoms with E-state index < -0.39 is 0 Å². The summed E-state index contributed by atoms with van der Waals surface area (Å²) in [6, 6.07) is 12.7. The van der Waals surface area contributed by atoms with Crippen molar-refractivity contribution in [3.63, 3.8) is 0 Å². The third-order valence-corrected chi connectivity index (χ3v) is 8.44. The van der Waals surface area contributed by atoms with Crippen LogP contribution in [0.3, 0.4) is 0 Å². The van der Waals surface area contributed by atoms with Crippen LogP contribution in [0.25, 0.3) is 11.3 Å². The first-order valence-electron chi connectivity index (χ1n) is 11.9. The minimum Gasteiger partial charge on any atom is -0.508 e. The van der Waals surface area contributed by atoms with E-state index in [9.17, 15) is 5.11 Å². The van der Waals surface area contributed by atoms with Crippen LogP contribution in [0.15, 0.2) is 42.6 Å². The van der Waals surface area contributed by atoms with Crippen molar-refractivity contribution in [3.8, 4) is 17.0 Å². The van der Waals surface area contributed by atoms with Gasteiger partial charge in [-0.25, -0.2) is 0 Å². The standard InChI is InChI=1S/C26H33N3O/c30-25-5-4-20(24-3-1-2-6-27-24)16-23(25)17-28-7-9-29(10-8-28)26-21-12-18-11-19(14-21)15-22(26)13-18/h1-6,16,18-19,21-22,26,30H,7-15,17H2. The number of phenols is 1. The molecule has 0 atom stereocenters. The summed E-state index contributed by atoms with van der Waals surface area (Å²) in [7, 11) is 0. The van der Waals surface area contributed by atoms with E-state index in [1.165, 1.54) is 45.2 Å². The second kappa shape index (κ2) is 7.65. The normalized spacial score (nSPS) is 33.8. The highest BCUT2D eigenvalue weighted by atomic mass is 16.3. The zero-order chi connectivity index (χ0) is 20.1. The molecule has 4 heteroatoms. The quantitative estimate of drug-likeness (QED) is 0.822. The Balaban J connectivity index is 1.11. The molecule has 0 amide bonds. The molecular formula is C26H33N3O. The number of benzene rings is 1. The third kappa shape index (κ3) is 3.44. The van der Waals surface area contributed by atoms with E-state index in [-0.39, 0.29) is 0 Å². The van der Waals surface area contributed by atoms with E-state index in [1.807, 2.05) is 36.5 Å². The number of piperazine rings is 1. The minimum atomic E-state index is 0.401. The zero-order valence-electron chi connectivity index (χ0n) is 17.8. The van der Waals surface area contributed by atoms with Crippen molar-refractivity contribution in [3.05, 3.63) is 48.2 Å². The monoisotopic (exact) mass is 403 g/mol. The maximum atomic E-state index is 10.4. The van der Waals surface area contributed by atoms with Crippen LogP contribution in [-0.4, -0.2) is 52.1 Å². The highest BCUT2D eigenvalue weighted by Gasteiger charge is 2.50. The Morgan fingerprint density at radius 1 is 0.867 bits per heavy atom. The predicted octanol–water partition coefficient (Wildman–Crippen LogP) is 4.40. The number of hydrogen-bond acceptors (Lipinski definition) is 4. The molecule has 158 valence electrons. The first-order valence-corrected chi connectivity index (χ1v) is 11.9. The number of phenolic OH excluding ortho intramolecular Hbond substituents is 1. The van der Waals surface area contributed by atoms with Gasteiger partial charge in [0, 0.05) is 56.1 Å². The van der Waals surface area contributed by atoms with Gasteiger partial charge < -0.3 is 5.11 Å². The summed E-state index contributed by atoms with van der Waals surface area (Å²) in [5, 5.41) is 10.4. The second-order valence-electron chi connectivity index (χ2n) is 10.3. The Morgan fingerprint density at radius 3 is 2.27 bits per heavy atom. The fraction of sp³-hybridized carbons (Fsp3) is 0.577. The van der Waals surface area contributed by atoms with E-state index in [4.69, 9.17) is 0 Å². The van der Waals surface area contributed by atoms with E-state index >= 15 is 0 Å². The molecule has 4 nitrogen and oxygen atoms in total. The number of hydrogen-bond donors (Lipinski definition) is 1. The Hall–Kier alpha value is -1.91. The average molecular weight is 404 g/mol. The third-order valence-electron chi connectivity index (χ3n) is 8.44. The minimum absolute atomic E-state index is 0.401. The van der Waals surface area contributed by atoms with E-state index in [0.717, 1.165) is 66.2 Å². The summed E-state index contributed by atoms with van der Waals surface area (Å²) >= 11 is 0. The number of aromatic nitrogens is 1. The highest BCUT2D eigenvalue weighted by Crippen LogP contribution is 2.55. The fourth-order valence-electron chi connectivity index (χ4n) is 7.36. The van der Waals surface area contributed by atoms with Crippen molar-refractivity contribution in [2.75, 3.05) is 26.2 Å². The lowest BCUT2D eigenvalue weighted by Gasteiger charge is -2.58. The van der Waals surface area contributed by atoms with Crippen LogP contribution < -0.4 is 0 Å². The summed E-state index contributed by atoms with van der Waals surface area (Å²) < 4.78 is 0. The lowest BCUT2D eigenvalue weighted by Crippen LogP contribution is -2.60. The van der Waals surface area contributed by atoms with Crippen LogP contribution in [0.1, 0.15) is 37.7 Å². The van der Waals surface area contributed by atoms with Crippen molar-refractivity contribution in [1.82, 2.24) is 14.8 Å². The van der Waals surface area contributed by atoms with E-state index in [0.29, 0.717) is 5.75 Å². The molecule has 4 aliphatic carbocycles. The van der Waals surface area contributed by atoms with Gasteiger partial charge in [0.2, 0.25) is 0 Å². The Kier molecular flexibility index (Phi) is 4.80. The maximum Gasteiger partial charge on any atom is 0.120 e. The Morgan fingerprint density at radius 2 is 1.60 bits per heavy atom. The highest BCUT2D eigenvalue weighted by molar-refractivity contribution is 5.61. The fourth-order valence-corrected chi connectivity index (χ4v) is 7.36. The molecule has 2 heterocycles. The molecule has 0 unspecified atom stereocenters. The van der Waals surface area contributed by atoms with E-state index in [1.54, 1.807) is 0 Å². The van der Waals surface area contributed by atoms with Crippen molar-refractivity contribution in [2.24, 2.45) is 23.7 Å². The van der Waals surface area contributed by atoms with E-state index in [2.05, 4.69) is 20.9 Å². The number of pyridine rings is 1. The lowest BCUT2D eigenvalue weighted by molar-refractivity contribution is -0.0769. The molecule has 5 fully saturated rings. The van der Waals surface area contributed by atoms with Gasteiger partial charge in [0.05, 0.1) is 5.69 Å². The smallest absolute Gasteiger partial charge is 0.120 e. The van der Waals surface area contributed by atoms with Gasteiger partial charge in [-0.3, -0.25) is 14.8 Å². The molecule has 30 heavy (non-hydrogen) atoms. The largest absolute Gasteiger partial charge is 0.508 e. The van der Waals surface area contributed by atoms with Gasteiger partial charge in [0.1, 0.15) is 5.75 Å². The van der Waals surface area contributed by atoms with Gasteiger partial charge in [-0.2, -0.15) is 0 Å². The van der Waals surface area contributed by atoms with Crippen molar-refractivity contribution >= 4 is 0 Å². The zero-order valence-corrected chi connectivity index (χ0v) is 17.8. The Labute approximate surface area is 179 Å². The molecule has 7 rings (SSSR count). The van der Waals surface area contributed by atoms with Crippen molar-refractivity contribution < 1.29 is 5.11 Å². The average Bonchev–Trinajstić information content (AvgIpc) is 2.76. The van der Waals surface area contributed by atoms with Gasteiger partial charge in [-0.15, -0.1) is 0 Å². The first-order chi connectivity index (χ1) is 14.7. The number of aromatic hydroxyl groups is 1. The summed E-state index contributed by atoms with van der Waals surface area (Å²) in [5.41, 5.74) is 3.06. The molecule has 1 N–H and O–H groups in total. The summed E-state index contributed by atoms with van der Waals surface area (Å²) in [4.78, 5) is 9.82. The number of rotatable bonds is 4. The molecule has 4 bridgehead atoms. The van der Waals surface area contributed by atoms with Crippen LogP contribution in [-0.2, 0) is 6.54 Å². The summed E-state index contributed by atoms with van der Waals surface area (Å²) in [6.45, 7) is 5.41. The molecular weight excluding hydrogens is 370 g/mol. The topological polar surface area (TPSA) is 39.6 Å². The van der Waals surface area contributed by atoms with Gasteiger partial charge in [0.25, 0.3) is 0 Å². The molecule has 1 saturated heterocycles. The predicted molar refractivity (Wildman–Crippen MR) is 119 cm³/mol. The van der Waals surface area contributed by atoms with Crippen LogP contribution in [0.2, 0.25) is 0 Å². The maximum absolute atomic E-state index is 10.4. The molecule has 1 aromatic carbocycles. The van der Waals surface area contributed by atoms with Crippen LogP contribution in [0.4, 0.5) is 0 Å². The second-order valence-corrected chi connectivity index (χ2v) is 10.3. The van der Waals surface area contributed by atoms with Crippen molar-refractivity contribution in [1.29, 1.82) is 0 Å². The molecule has 1 aliphatic heterocycles. The molecule has 4 saturated carbocycles. The molecule has 0 spiro atoms. The van der Waals surface area contributed by atoms with Gasteiger partial charge in [-0.05, 0) is 86.1 Å². The van der Waals surface area contributed by atoms with Crippen LogP contribution in [0, 0.1) is 23.7 Å². The molecule has 2 aromatic rings. The lowest BCUT2D eigenvalue weighted by atomic mass is 9.54. The van der Waals surface area contributed by atoms with Crippen molar-refractivity contribution in [2.45, 2.75) is 44.7 Å². The van der Waals surface area contributed by atoms with Crippen LogP contribution >= 0.6 is 0 Å². The first kappa shape index (κ1) is 18.8. The molecule has 0 radical (unpaired) electrons. The SMILES string of the molecule is Oc1ccc(-c2ccccn2)cc1CN1CCN(C2C3CC4CC(C3)CC2C4)CC1. The van der Waals surface area contributed by atoms with Gasteiger partial charge >= 0.3 is 0 Å².